The number of methoxy groups -OCH3 is 2. The number of nitrogens with one attached hydrogen (secondary N) is 2. The lowest BCUT2D eigenvalue weighted by Gasteiger charge is -2.36. The Morgan fingerprint density at radius 3 is 2.43 bits per heavy atom. The molecule has 1 aliphatic rings. The first-order valence-corrected chi connectivity index (χ1v) is 12.3. The highest BCUT2D eigenvalue weighted by atomic mass is 32.1. The summed E-state index contributed by atoms with van der Waals surface area (Å²) in [5.41, 5.74) is 2.55. The molecule has 3 amide bonds. The van der Waals surface area contributed by atoms with Crippen LogP contribution in [0.3, 0.4) is 0 Å². The van der Waals surface area contributed by atoms with Gasteiger partial charge < -0.3 is 24.6 Å². The van der Waals surface area contributed by atoms with Crippen LogP contribution in [0.5, 0.6) is 11.5 Å². The van der Waals surface area contributed by atoms with E-state index in [-0.39, 0.29) is 11.9 Å². The molecule has 1 fully saturated rings. The lowest BCUT2D eigenvalue weighted by atomic mass is 10.2. The summed E-state index contributed by atoms with van der Waals surface area (Å²) in [6.45, 7) is 2.94. The van der Waals surface area contributed by atoms with Gasteiger partial charge in [0, 0.05) is 55.4 Å². The number of nitrogens with zero attached hydrogens (tertiary/aromatic N) is 3. The quantitative estimate of drug-likeness (QED) is 0.489. The number of aryl methyl sites for hydroxylation is 1. The first-order chi connectivity index (χ1) is 17.0. The van der Waals surface area contributed by atoms with Gasteiger partial charge >= 0.3 is 6.03 Å². The van der Waals surface area contributed by atoms with Crippen molar-refractivity contribution in [2.24, 2.45) is 0 Å². The molecule has 3 aromatic rings. The van der Waals surface area contributed by atoms with E-state index in [2.05, 4.69) is 26.6 Å². The third-order valence-corrected chi connectivity index (χ3v) is 6.57. The molecule has 2 N–H and O–H groups in total. The molecule has 0 radical (unpaired) electrons. The van der Waals surface area contributed by atoms with E-state index in [9.17, 15) is 9.59 Å². The summed E-state index contributed by atoms with van der Waals surface area (Å²) in [6.07, 6.45) is 0.924. The molecule has 35 heavy (non-hydrogen) atoms. The Morgan fingerprint density at radius 2 is 1.71 bits per heavy atom. The fourth-order valence-electron chi connectivity index (χ4n) is 3.83. The van der Waals surface area contributed by atoms with Crippen LogP contribution in [0.1, 0.15) is 12.1 Å². The van der Waals surface area contributed by atoms with E-state index in [0.717, 1.165) is 30.2 Å². The summed E-state index contributed by atoms with van der Waals surface area (Å²) >= 11 is 1.34. The van der Waals surface area contributed by atoms with Gasteiger partial charge in [0.2, 0.25) is 5.91 Å². The zero-order valence-electron chi connectivity index (χ0n) is 19.8. The van der Waals surface area contributed by atoms with Crippen LogP contribution in [0.25, 0.3) is 0 Å². The molecule has 184 valence electrons. The van der Waals surface area contributed by atoms with Gasteiger partial charge in [-0.25, -0.2) is 9.78 Å². The molecule has 2 aromatic carbocycles. The third kappa shape index (κ3) is 6.63. The Kier molecular flexibility index (Phi) is 8.04. The normalized spacial score (nSPS) is 13.3. The van der Waals surface area contributed by atoms with E-state index in [1.165, 1.54) is 11.3 Å². The Labute approximate surface area is 208 Å². The van der Waals surface area contributed by atoms with Crippen LogP contribution >= 0.6 is 11.3 Å². The van der Waals surface area contributed by atoms with Crippen LogP contribution in [-0.4, -0.2) is 62.2 Å². The standard InChI is InChI=1S/C25H29N5O4S/c1-33-21-9-6-18(7-10-21)26-24(32)28-25-27-19(17-35-25)8-11-23(31)30-14-12-29(13-15-30)20-4-3-5-22(16-20)34-2/h3-7,9-10,16-17H,8,11-15H2,1-2H3,(H2,26,27,28,32). The molecule has 0 aliphatic carbocycles. The molecule has 0 bridgehead atoms. The van der Waals surface area contributed by atoms with Gasteiger partial charge in [0.15, 0.2) is 5.13 Å². The Balaban J connectivity index is 1.20. The van der Waals surface area contributed by atoms with E-state index in [4.69, 9.17) is 9.47 Å². The Bertz CT molecular complexity index is 1140. The number of hydrogen-bond acceptors (Lipinski definition) is 7. The van der Waals surface area contributed by atoms with Gasteiger partial charge in [0.25, 0.3) is 0 Å². The van der Waals surface area contributed by atoms with Crippen molar-refractivity contribution in [3.63, 3.8) is 0 Å². The highest BCUT2D eigenvalue weighted by Crippen LogP contribution is 2.23. The maximum Gasteiger partial charge on any atom is 0.325 e. The molecule has 0 unspecified atom stereocenters. The zero-order valence-corrected chi connectivity index (χ0v) is 20.6. The van der Waals surface area contributed by atoms with Gasteiger partial charge in [-0.1, -0.05) is 6.07 Å². The Morgan fingerprint density at radius 1 is 0.971 bits per heavy atom. The van der Waals surface area contributed by atoms with Crippen molar-refractivity contribution in [1.82, 2.24) is 9.88 Å². The summed E-state index contributed by atoms with van der Waals surface area (Å²) in [5.74, 6) is 1.67. The molecule has 1 aromatic heterocycles. The molecule has 1 aliphatic heterocycles. The summed E-state index contributed by atoms with van der Waals surface area (Å²) < 4.78 is 10.4. The maximum absolute atomic E-state index is 12.7. The number of benzene rings is 2. The largest absolute Gasteiger partial charge is 0.497 e. The van der Waals surface area contributed by atoms with Crippen molar-refractivity contribution >= 4 is 39.8 Å². The Hall–Kier alpha value is -3.79. The topological polar surface area (TPSA) is 96.0 Å². The molecule has 0 atom stereocenters. The van der Waals surface area contributed by atoms with Crippen LogP contribution in [0.15, 0.2) is 53.9 Å². The highest BCUT2D eigenvalue weighted by Gasteiger charge is 2.21. The first kappa shape index (κ1) is 24.3. The number of rotatable bonds is 8. The average molecular weight is 496 g/mol. The average Bonchev–Trinajstić information content (AvgIpc) is 3.34. The minimum atomic E-state index is -0.374. The second-order valence-electron chi connectivity index (χ2n) is 8.02. The van der Waals surface area contributed by atoms with E-state index < -0.39 is 0 Å². The van der Waals surface area contributed by atoms with Crippen LogP contribution in [-0.2, 0) is 11.2 Å². The van der Waals surface area contributed by atoms with E-state index >= 15 is 0 Å². The van der Waals surface area contributed by atoms with Crippen molar-refractivity contribution in [2.75, 3.05) is 55.9 Å². The second-order valence-corrected chi connectivity index (χ2v) is 8.88. The van der Waals surface area contributed by atoms with E-state index in [1.54, 1.807) is 38.5 Å². The summed E-state index contributed by atoms with van der Waals surface area (Å²) in [4.78, 5) is 33.6. The highest BCUT2D eigenvalue weighted by molar-refractivity contribution is 7.13. The number of piperazine rings is 1. The summed E-state index contributed by atoms with van der Waals surface area (Å²) in [6, 6.07) is 14.7. The lowest BCUT2D eigenvalue weighted by molar-refractivity contribution is -0.131. The van der Waals surface area contributed by atoms with Crippen molar-refractivity contribution < 1.29 is 19.1 Å². The van der Waals surface area contributed by atoms with Gasteiger partial charge in [-0.3, -0.25) is 10.1 Å². The van der Waals surface area contributed by atoms with Crippen LogP contribution in [0.2, 0.25) is 0 Å². The van der Waals surface area contributed by atoms with E-state index in [1.807, 2.05) is 28.5 Å². The van der Waals surface area contributed by atoms with Crippen molar-refractivity contribution in [2.45, 2.75) is 12.8 Å². The van der Waals surface area contributed by atoms with Crippen LogP contribution in [0.4, 0.5) is 21.3 Å². The van der Waals surface area contributed by atoms with Crippen LogP contribution in [0, 0.1) is 0 Å². The number of carbonyl (C=O) groups is 2. The molecule has 0 saturated carbocycles. The molecule has 4 rings (SSSR count). The summed E-state index contributed by atoms with van der Waals surface area (Å²) in [5, 5.41) is 7.85. The molecular formula is C25H29N5O4S. The number of carbonyl (C=O) groups excluding carboxylic acids is 2. The minimum absolute atomic E-state index is 0.120. The minimum Gasteiger partial charge on any atom is -0.497 e. The molecule has 0 spiro atoms. The molecule has 1 saturated heterocycles. The third-order valence-electron chi connectivity index (χ3n) is 5.77. The van der Waals surface area contributed by atoms with Gasteiger partial charge in [-0.05, 0) is 42.8 Å². The lowest BCUT2D eigenvalue weighted by Crippen LogP contribution is -2.48. The van der Waals surface area contributed by atoms with Gasteiger partial charge in [0.1, 0.15) is 11.5 Å². The number of ether oxygens (including phenoxy) is 2. The molecule has 2 heterocycles. The van der Waals surface area contributed by atoms with Crippen molar-refractivity contribution in [3.05, 3.63) is 59.6 Å². The summed E-state index contributed by atoms with van der Waals surface area (Å²) in [7, 11) is 3.25. The monoisotopic (exact) mass is 495 g/mol. The fourth-order valence-corrected chi connectivity index (χ4v) is 4.57. The number of hydrogen-bond donors (Lipinski definition) is 2. The van der Waals surface area contributed by atoms with Gasteiger partial charge in [-0.2, -0.15) is 0 Å². The second kappa shape index (κ2) is 11.6. The molecular weight excluding hydrogens is 466 g/mol. The van der Waals surface area contributed by atoms with Gasteiger partial charge in [-0.15, -0.1) is 11.3 Å². The number of amides is 3. The fraction of sp³-hybridized carbons (Fsp3) is 0.320. The van der Waals surface area contributed by atoms with Gasteiger partial charge in [0.05, 0.1) is 19.9 Å². The van der Waals surface area contributed by atoms with E-state index in [0.29, 0.717) is 42.5 Å². The number of anilines is 3. The predicted molar refractivity (Wildman–Crippen MR) is 138 cm³/mol. The van der Waals surface area contributed by atoms with Crippen LogP contribution < -0.4 is 25.0 Å². The smallest absolute Gasteiger partial charge is 0.325 e. The number of thiazole rings is 1. The predicted octanol–water partition coefficient (Wildman–Crippen LogP) is 4.09. The first-order valence-electron chi connectivity index (χ1n) is 11.4. The molecule has 10 heteroatoms. The SMILES string of the molecule is COc1ccc(NC(=O)Nc2nc(CCC(=O)N3CCN(c4cccc(OC)c4)CC3)cs2)cc1. The maximum atomic E-state index is 12.7. The number of urea groups is 1. The molecule has 9 nitrogen and oxygen atoms in total. The number of aromatic nitrogens is 1. The van der Waals surface area contributed by atoms with Crippen molar-refractivity contribution in [3.8, 4) is 11.5 Å². The zero-order chi connectivity index (χ0) is 24.6. The van der Waals surface area contributed by atoms with Crippen molar-refractivity contribution in [1.29, 1.82) is 0 Å².